The molecule has 0 N–H and O–H groups in total. The van der Waals surface area contributed by atoms with Crippen molar-refractivity contribution in [2.75, 3.05) is 0 Å². The van der Waals surface area contributed by atoms with Gasteiger partial charge in [0.15, 0.2) is 0 Å². The third-order valence-corrected chi connectivity index (χ3v) is 0. The van der Waals surface area contributed by atoms with Crippen molar-refractivity contribution in [2.24, 2.45) is 0 Å². The standard InChI is InChI=1S/Ba.Bi.ClH.H2O4S.O/c;;;1-5(2,3)4;/h;;1H;(H2,1,2,3,4);/q+2;;;;/p-2. The molecule has 1 radical (unpaired) electrons. The third kappa shape index (κ3) is 126. The Balaban J connectivity index is -0.0000000286. The second-order valence-corrected chi connectivity index (χ2v) is 1.22. The Hall–Kier alpha value is 2.41. The fraction of sp³-hybridized carbons (Fsp3) is 0. The molecule has 0 saturated carbocycles. The first-order valence-corrected chi connectivity index (χ1v) is 3.60. The van der Waals surface area contributed by atoms with Gasteiger partial charge in [-0.05, 0) is 0 Å². The summed E-state index contributed by atoms with van der Waals surface area (Å²) < 4.78 is 42.4. The van der Waals surface area contributed by atoms with Crippen LogP contribution in [0.4, 0.5) is 0 Å². The van der Waals surface area contributed by atoms with Crippen LogP contribution in [-0.2, 0) is 13.2 Å². The van der Waals surface area contributed by atoms with E-state index in [4.69, 9.17) is 20.3 Å². The van der Waals surface area contributed by atoms with Gasteiger partial charge in [-0.1, -0.05) is 0 Å². The van der Waals surface area contributed by atoms with Crippen LogP contribution in [0, 0.1) is 0 Å². The Morgan fingerprint density at radius 3 is 1.11 bits per heavy atom. The van der Waals surface area contributed by atoms with E-state index in [9.17, 15) is 0 Å². The van der Waals surface area contributed by atoms with Gasteiger partial charge in [-0.25, -0.2) is 0 Å². The van der Waals surface area contributed by atoms with Crippen molar-refractivity contribution in [1.29, 1.82) is 0 Å². The van der Waals surface area contributed by atoms with Crippen molar-refractivity contribution < 1.29 is 20.3 Å². The quantitative estimate of drug-likeness (QED) is 0.225. The molecule has 0 saturated heterocycles. The van der Waals surface area contributed by atoms with E-state index < -0.39 is 10.4 Å². The van der Waals surface area contributed by atoms with Gasteiger partial charge in [0.05, 0.1) is 0 Å². The topological polar surface area (TPSA) is 97.3 Å². The summed E-state index contributed by atoms with van der Waals surface area (Å²) in [5, 5.41) is 0. The predicted molar refractivity (Wildman–Crippen MR) is 29.9 cm³/mol. The Kier molecular flexibility index (Phi) is 32.6. The van der Waals surface area contributed by atoms with Crippen molar-refractivity contribution in [1.82, 2.24) is 0 Å². The van der Waals surface area contributed by atoms with Gasteiger partial charge in [-0.2, -0.15) is 0 Å². The van der Waals surface area contributed by atoms with Crippen molar-refractivity contribution >= 4 is 96.4 Å². The molecule has 0 aliphatic carbocycles. The predicted octanol–water partition coefficient (Wildman–Crippen LogP) is -1.80. The molecular weight excluding hydrogens is 494 g/mol. The number of rotatable bonds is 0. The van der Waals surface area contributed by atoms with Crippen LogP contribution >= 0.6 is 12.4 Å². The van der Waals surface area contributed by atoms with Crippen LogP contribution in [0.1, 0.15) is 0 Å². The Bertz CT molecular complexity index is 111. The monoisotopic (exact) mass is 495 g/mol. The van der Waals surface area contributed by atoms with Crippen LogP contribution in [0.15, 0.2) is 0 Å². The molecule has 0 aliphatic rings. The fourth-order valence-electron chi connectivity index (χ4n) is 0. The Morgan fingerprint density at radius 2 is 1.11 bits per heavy atom. The van der Waals surface area contributed by atoms with Gasteiger partial charge in [0.2, 0.25) is 0 Å². The second kappa shape index (κ2) is 13.0. The second-order valence-electron chi connectivity index (χ2n) is 0.408. The maximum absolute atomic E-state index is 8.52. The summed E-state index contributed by atoms with van der Waals surface area (Å²) in [7, 11) is -5.17. The average Bonchev–Trinajstić information content (AvgIpc) is 1.36. The SMILES string of the molecule is Cl.O=S(=O)([O-])[O-].[Ba+2].[O]=[Bi]. The van der Waals surface area contributed by atoms with Gasteiger partial charge in [-0.15, -0.1) is 12.4 Å². The minimum absolute atomic E-state index is 0. The van der Waals surface area contributed by atoms with Crippen LogP contribution in [0.5, 0.6) is 0 Å². The van der Waals surface area contributed by atoms with Crippen molar-refractivity contribution in [3.05, 3.63) is 0 Å². The molecule has 0 aliphatic heterocycles. The molecule has 0 spiro atoms. The summed E-state index contributed by atoms with van der Waals surface area (Å²) in [4.78, 5) is 0. The van der Waals surface area contributed by atoms with Crippen molar-refractivity contribution in [3.8, 4) is 0 Å². The fourth-order valence-corrected chi connectivity index (χ4v) is 0. The van der Waals surface area contributed by atoms with E-state index in [0.717, 1.165) is 0 Å². The van der Waals surface area contributed by atoms with Crippen LogP contribution in [0.25, 0.3) is 0 Å². The molecule has 0 heterocycles. The van der Waals surface area contributed by atoms with Gasteiger partial charge < -0.3 is 9.11 Å². The van der Waals surface area contributed by atoms with E-state index in [-0.39, 0.29) is 86.0 Å². The van der Waals surface area contributed by atoms with E-state index in [2.05, 4.69) is 0 Å². The Morgan fingerprint density at radius 1 is 1.11 bits per heavy atom. The number of hydrogen-bond acceptors (Lipinski definition) is 5. The molecular formula is HBaBiClO5S. The van der Waals surface area contributed by atoms with Gasteiger partial charge in [0, 0.05) is 10.4 Å². The number of halogens is 1. The van der Waals surface area contributed by atoms with Crippen molar-refractivity contribution in [3.63, 3.8) is 0 Å². The van der Waals surface area contributed by atoms with E-state index in [0.29, 0.717) is 0 Å². The summed E-state index contributed by atoms with van der Waals surface area (Å²) in [6.07, 6.45) is 0. The molecule has 9 heavy (non-hydrogen) atoms. The van der Waals surface area contributed by atoms with E-state index >= 15 is 0 Å². The zero-order chi connectivity index (χ0) is 6.50. The molecule has 0 aromatic heterocycles. The molecule has 5 nitrogen and oxygen atoms in total. The van der Waals surface area contributed by atoms with E-state index in [1.165, 1.54) is 0 Å². The van der Waals surface area contributed by atoms with E-state index in [1.807, 2.05) is 0 Å². The molecule has 0 rings (SSSR count). The first kappa shape index (κ1) is 22.5. The van der Waals surface area contributed by atoms with Gasteiger partial charge in [-0.3, -0.25) is 8.42 Å². The van der Waals surface area contributed by atoms with Crippen LogP contribution in [-0.4, -0.2) is 91.1 Å². The van der Waals surface area contributed by atoms with Gasteiger partial charge >= 0.3 is 76.4 Å². The summed E-state index contributed by atoms with van der Waals surface area (Å²) in [5.74, 6) is 0. The molecule has 0 bridgehead atoms. The molecule has 0 aromatic rings. The molecule has 0 amide bonds. The third-order valence-electron chi connectivity index (χ3n) is 0. The zero-order valence-corrected chi connectivity index (χ0v) is 13.6. The summed E-state index contributed by atoms with van der Waals surface area (Å²) in [5.41, 5.74) is 0. The molecule has 0 aromatic carbocycles. The molecule has 51 valence electrons. The van der Waals surface area contributed by atoms with Crippen LogP contribution in [0.3, 0.4) is 0 Å². The minimum atomic E-state index is -5.17. The van der Waals surface area contributed by atoms with Crippen LogP contribution in [0.2, 0.25) is 0 Å². The molecule has 0 atom stereocenters. The number of hydrogen-bond donors (Lipinski definition) is 0. The Labute approximate surface area is 114 Å². The molecule has 0 fully saturated rings. The van der Waals surface area contributed by atoms with E-state index in [1.54, 1.807) is 0 Å². The van der Waals surface area contributed by atoms with Crippen molar-refractivity contribution in [2.45, 2.75) is 0 Å². The summed E-state index contributed by atoms with van der Waals surface area (Å²) in [6.45, 7) is 0. The summed E-state index contributed by atoms with van der Waals surface area (Å²) in [6, 6.07) is 0. The molecule has 0 unspecified atom stereocenters. The maximum atomic E-state index is 8.52. The molecule has 9 heteroatoms. The zero-order valence-electron chi connectivity index (χ0n) is 4.01. The normalized spacial score (nSPS) is 6.89. The average molecular weight is 495 g/mol. The van der Waals surface area contributed by atoms with Crippen LogP contribution < -0.4 is 0 Å². The first-order valence-electron chi connectivity index (χ1n) is 0.849. The van der Waals surface area contributed by atoms with Gasteiger partial charge in [0.1, 0.15) is 0 Å². The summed E-state index contributed by atoms with van der Waals surface area (Å²) >= 11 is 0.194. The first-order chi connectivity index (χ1) is 3.00. The van der Waals surface area contributed by atoms with Gasteiger partial charge in [0.25, 0.3) is 0 Å².